The van der Waals surface area contributed by atoms with Gasteiger partial charge >= 0.3 is 12.1 Å². The van der Waals surface area contributed by atoms with Gasteiger partial charge in [0.15, 0.2) is 6.61 Å². The van der Waals surface area contributed by atoms with Gasteiger partial charge in [-0.1, -0.05) is 13.8 Å². The highest BCUT2D eigenvalue weighted by atomic mass is 19.4. The second-order valence-electron chi connectivity index (χ2n) is 5.40. The van der Waals surface area contributed by atoms with E-state index in [1.54, 1.807) is 0 Å². The maximum absolute atomic E-state index is 12.4. The molecule has 1 atom stereocenters. The molecule has 128 valence electrons. The van der Waals surface area contributed by atoms with E-state index in [4.69, 9.17) is 9.84 Å². The maximum atomic E-state index is 12.4. The number of hydrogen-bond acceptors (Lipinski definition) is 3. The van der Waals surface area contributed by atoms with Crippen LogP contribution in [-0.2, 0) is 15.8 Å². The minimum Gasteiger partial charge on any atom is -0.484 e. The molecule has 0 radical (unpaired) electrons. The molecule has 23 heavy (non-hydrogen) atoms. The Hall–Kier alpha value is -2.25. The Morgan fingerprint density at radius 2 is 1.78 bits per heavy atom. The lowest BCUT2D eigenvalue weighted by Crippen LogP contribution is -2.43. The SMILES string of the molecule is CC(C)CC(NC(=O)COc1ccc(C(F)(F)F)cc1)C(=O)O. The van der Waals surface area contributed by atoms with Gasteiger partial charge in [0.25, 0.3) is 5.91 Å². The number of rotatable bonds is 7. The molecule has 1 aromatic rings. The maximum Gasteiger partial charge on any atom is 0.416 e. The molecular formula is C15H18F3NO4. The summed E-state index contributed by atoms with van der Waals surface area (Å²) >= 11 is 0. The largest absolute Gasteiger partial charge is 0.484 e. The molecule has 0 fully saturated rings. The van der Waals surface area contributed by atoms with Crippen molar-refractivity contribution >= 4 is 11.9 Å². The average molecular weight is 333 g/mol. The number of carboxylic acids is 1. The normalized spacial score (nSPS) is 12.8. The summed E-state index contributed by atoms with van der Waals surface area (Å²) in [5.41, 5.74) is -0.822. The summed E-state index contributed by atoms with van der Waals surface area (Å²) in [7, 11) is 0. The number of hydrogen-bond donors (Lipinski definition) is 2. The van der Waals surface area contributed by atoms with Crippen molar-refractivity contribution in [1.29, 1.82) is 0 Å². The molecule has 8 heteroatoms. The van der Waals surface area contributed by atoms with Gasteiger partial charge < -0.3 is 15.2 Å². The quantitative estimate of drug-likeness (QED) is 0.804. The molecule has 1 aromatic carbocycles. The third-order valence-electron chi connectivity index (χ3n) is 2.89. The number of ether oxygens (including phenoxy) is 1. The lowest BCUT2D eigenvalue weighted by Gasteiger charge is -2.16. The number of carbonyl (C=O) groups is 2. The molecule has 0 spiro atoms. The summed E-state index contributed by atoms with van der Waals surface area (Å²) in [6.07, 6.45) is -4.18. The van der Waals surface area contributed by atoms with Crippen molar-refractivity contribution in [1.82, 2.24) is 5.32 Å². The van der Waals surface area contributed by atoms with E-state index in [2.05, 4.69) is 5.32 Å². The fraction of sp³-hybridized carbons (Fsp3) is 0.467. The van der Waals surface area contributed by atoms with Crippen molar-refractivity contribution in [2.24, 2.45) is 5.92 Å². The van der Waals surface area contributed by atoms with Crippen LogP contribution >= 0.6 is 0 Å². The molecular weight excluding hydrogens is 315 g/mol. The first kappa shape index (κ1) is 18.8. The van der Waals surface area contributed by atoms with Crippen LogP contribution in [0.3, 0.4) is 0 Å². The van der Waals surface area contributed by atoms with Crippen molar-refractivity contribution in [2.45, 2.75) is 32.5 Å². The van der Waals surface area contributed by atoms with Crippen molar-refractivity contribution in [3.05, 3.63) is 29.8 Å². The number of carboxylic acid groups (broad SMARTS) is 1. The van der Waals surface area contributed by atoms with Crippen LogP contribution in [-0.4, -0.2) is 29.6 Å². The number of carbonyl (C=O) groups excluding carboxylic acids is 1. The first-order chi connectivity index (χ1) is 10.6. The number of aliphatic carboxylic acids is 1. The summed E-state index contributed by atoms with van der Waals surface area (Å²) in [5.74, 6) is -1.64. The van der Waals surface area contributed by atoms with E-state index in [0.717, 1.165) is 24.3 Å². The molecule has 0 aliphatic heterocycles. The molecule has 1 unspecified atom stereocenters. The number of nitrogens with one attached hydrogen (secondary N) is 1. The Kier molecular flexibility index (Phi) is 6.41. The van der Waals surface area contributed by atoms with E-state index in [1.807, 2.05) is 13.8 Å². The van der Waals surface area contributed by atoms with E-state index >= 15 is 0 Å². The molecule has 0 aromatic heterocycles. The molecule has 1 amide bonds. The molecule has 0 aliphatic rings. The molecule has 0 saturated carbocycles. The minimum absolute atomic E-state index is 0.0761. The summed E-state index contributed by atoms with van der Waals surface area (Å²) < 4.78 is 42.2. The van der Waals surface area contributed by atoms with E-state index in [0.29, 0.717) is 0 Å². The van der Waals surface area contributed by atoms with Crippen LogP contribution in [0.1, 0.15) is 25.8 Å². The lowest BCUT2D eigenvalue weighted by atomic mass is 10.0. The second kappa shape index (κ2) is 7.85. The second-order valence-corrected chi connectivity index (χ2v) is 5.40. The van der Waals surface area contributed by atoms with Gasteiger partial charge in [0.2, 0.25) is 0 Å². The zero-order valence-corrected chi connectivity index (χ0v) is 12.7. The van der Waals surface area contributed by atoms with Gasteiger partial charge in [0.05, 0.1) is 5.56 Å². The fourth-order valence-corrected chi connectivity index (χ4v) is 1.82. The van der Waals surface area contributed by atoms with Gasteiger partial charge in [-0.25, -0.2) is 4.79 Å². The first-order valence-electron chi connectivity index (χ1n) is 6.92. The number of benzene rings is 1. The smallest absolute Gasteiger partial charge is 0.416 e. The molecule has 0 heterocycles. The van der Waals surface area contributed by atoms with Gasteiger partial charge in [-0.15, -0.1) is 0 Å². The third kappa shape index (κ3) is 6.58. The molecule has 5 nitrogen and oxygen atoms in total. The Balaban J connectivity index is 2.54. The molecule has 0 aliphatic carbocycles. The Labute approximate surface area is 131 Å². The van der Waals surface area contributed by atoms with Crippen LogP contribution in [0.15, 0.2) is 24.3 Å². The number of alkyl halides is 3. The topological polar surface area (TPSA) is 75.6 Å². The van der Waals surface area contributed by atoms with Crippen LogP contribution in [0.25, 0.3) is 0 Å². The molecule has 2 N–H and O–H groups in total. The molecule has 1 rings (SSSR count). The zero-order valence-electron chi connectivity index (χ0n) is 12.7. The summed E-state index contributed by atoms with van der Waals surface area (Å²) in [4.78, 5) is 22.7. The average Bonchev–Trinajstić information content (AvgIpc) is 2.43. The van der Waals surface area contributed by atoms with E-state index in [9.17, 15) is 22.8 Å². The van der Waals surface area contributed by atoms with Gasteiger partial charge in [0.1, 0.15) is 11.8 Å². The Morgan fingerprint density at radius 1 is 1.22 bits per heavy atom. The van der Waals surface area contributed by atoms with E-state index < -0.39 is 36.3 Å². The standard InChI is InChI=1S/C15H18F3NO4/c1-9(2)7-12(14(21)22)19-13(20)8-23-11-5-3-10(4-6-11)15(16,17)18/h3-6,9,12H,7-8H2,1-2H3,(H,19,20)(H,21,22). The van der Waals surface area contributed by atoms with Gasteiger partial charge in [-0.3, -0.25) is 4.79 Å². The van der Waals surface area contributed by atoms with Crippen LogP contribution < -0.4 is 10.1 Å². The number of amides is 1. The Morgan fingerprint density at radius 3 is 2.22 bits per heavy atom. The van der Waals surface area contributed by atoms with Crippen molar-refractivity contribution in [3.63, 3.8) is 0 Å². The minimum atomic E-state index is -4.44. The van der Waals surface area contributed by atoms with Gasteiger partial charge in [-0.2, -0.15) is 13.2 Å². The van der Waals surface area contributed by atoms with E-state index in [1.165, 1.54) is 0 Å². The van der Waals surface area contributed by atoms with Crippen LogP contribution in [0.5, 0.6) is 5.75 Å². The molecule has 0 saturated heterocycles. The van der Waals surface area contributed by atoms with E-state index in [-0.39, 0.29) is 18.1 Å². The fourth-order valence-electron chi connectivity index (χ4n) is 1.82. The summed E-state index contributed by atoms with van der Waals surface area (Å²) in [5, 5.41) is 11.3. The first-order valence-corrected chi connectivity index (χ1v) is 6.92. The highest BCUT2D eigenvalue weighted by Crippen LogP contribution is 2.30. The highest BCUT2D eigenvalue weighted by Gasteiger charge is 2.30. The van der Waals surface area contributed by atoms with Crippen LogP contribution in [0.4, 0.5) is 13.2 Å². The molecule has 0 bridgehead atoms. The predicted molar refractivity (Wildman–Crippen MR) is 76.0 cm³/mol. The van der Waals surface area contributed by atoms with Crippen molar-refractivity contribution in [2.75, 3.05) is 6.61 Å². The third-order valence-corrected chi connectivity index (χ3v) is 2.89. The van der Waals surface area contributed by atoms with Gasteiger partial charge in [0, 0.05) is 0 Å². The summed E-state index contributed by atoms with van der Waals surface area (Å²) in [6, 6.07) is 2.84. The van der Waals surface area contributed by atoms with Crippen LogP contribution in [0, 0.1) is 5.92 Å². The van der Waals surface area contributed by atoms with Crippen LogP contribution in [0.2, 0.25) is 0 Å². The number of halogens is 3. The highest BCUT2D eigenvalue weighted by molar-refractivity contribution is 5.84. The summed E-state index contributed by atoms with van der Waals surface area (Å²) in [6.45, 7) is 3.16. The van der Waals surface area contributed by atoms with Crippen molar-refractivity contribution in [3.8, 4) is 5.75 Å². The predicted octanol–water partition coefficient (Wildman–Crippen LogP) is 2.70. The zero-order chi connectivity index (χ0) is 17.6. The van der Waals surface area contributed by atoms with Crippen molar-refractivity contribution < 1.29 is 32.6 Å². The monoisotopic (exact) mass is 333 g/mol. The van der Waals surface area contributed by atoms with Gasteiger partial charge in [-0.05, 0) is 36.6 Å². The lowest BCUT2D eigenvalue weighted by molar-refractivity contribution is -0.142. The Bertz CT molecular complexity index is 541.